The van der Waals surface area contributed by atoms with Crippen molar-refractivity contribution in [3.63, 3.8) is 0 Å². The molecular weight excluding hydrogens is 873 g/mol. The monoisotopic (exact) mass is 930 g/mol. The first-order chi connectivity index (χ1) is 32.6. The van der Waals surface area contributed by atoms with Gasteiger partial charge in [-0.25, -0.2) is 24.4 Å². The molecule has 4 heterocycles. The number of aromatic nitrogens is 4. The molecule has 3 amide bonds. The van der Waals surface area contributed by atoms with Gasteiger partial charge in [0.2, 0.25) is 5.91 Å². The van der Waals surface area contributed by atoms with E-state index >= 15 is 0 Å². The fourth-order valence-corrected chi connectivity index (χ4v) is 5.57. The zero-order valence-electron chi connectivity index (χ0n) is 40.5. The smallest absolute Gasteiger partial charge is 0.410 e. The molecule has 2 unspecified atom stereocenters. The number of carboxylic acids is 1. The lowest BCUT2D eigenvalue weighted by Gasteiger charge is -2.28. The Morgan fingerprint density at radius 2 is 0.986 bits per heavy atom. The molecule has 4 aromatic heterocycles. The molecule has 0 radical (unpaired) electrons. The molecule has 356 valence electrons. The van der Waals surface area contributed by atoms with E-state index < -0.39 is 47.3 Å². The number of pyridine rings is 4. The van der Waals surface area contributed by atoms with Crippen molar-refractivity contribution in [2.45, 2.75) is 78.7 Å². The van der Waals surface area contributed by atoms with Gasteiger partial charge in [0.1, 0.15) is 46.3 Å². The Kier molecular flexibility index (Phi) is 19.1. The van der Waals surface area contributed by atoms with Gasteiger partial charge in [-0.2, -0.15) is 0 Å². The number of ether oxygens (including phenoxy) is 2. The summed E-state index contributed by atoms with van der Waals surface area (Å²) in [6, 6.07) is 32.7. The summed E-state index contributed by atoms with van der Waals surface area (Å²) < 4.78 is 10.4. The summed E-state index contributed by atoms with van der Waals surface area (Å²) in [6.07, 6.45) is 5.68. The lowest BCUT2D eigenvalue weighted by Crippen LogP contribution is -2.45. The lowest BCUT2D eigenvalue weighted by molar-refractivity contribution is -0.142. The number of nitrogens with two attached hydrogens (primary N) is 1. The molecule has 6 aromatic rings. The van der Waals surface area contributed by atoms with Gasteiger partial charge in [-0.05, 0) is 162 Å². The molecule has 0 spiro atoms. The number of hydrogen-bond acceptors (Lipinski definition) is 11. The van der Waals surface area contributed by atoms with Crippen LogP contribution in [0.2, 0.25) is 0 Å². The van der Waals surface area contributed by atoms with Gasteiger partial charge in [0, 0.05) is 50.0 Å². The van der Waals surface area contributed by atoms with Crippen LogP contribution in [0, 0.1) is 23.7 Å². The van der Waals surface area contributed by atoms with E-state index in [2.05, 4.69) is 48.9 Å². The number of nitrogens with zero attached hydrogens (tertiary/aromatic N) is 6. The second-order valence-electron chi connectivity index (χ2n) is 17.4. The van der Waals surface area contributed by atoms with Crippen molar-refractivity contribution in [3.8, 4) is 45.9 Å². The summed E-state index contributed by atoms with van der Waals surface area (Å²) in [5.74, 6) is 11.6. The van der Waals surface area contributed by atoms with E-state index in [1.807, 2.05) is 103 Å². The molecule has 0 aliphatic heterocycles. The van der Waals surface area contributed by atoms with Crippen molar-refractivity contribution < 1.29 is 33.8 Å². The Balaban J connectivity index is 0.000000251. The minimum atomic E-state index is -1.06. The van der Waals surface area contributed by atoms with E-state index in [0.717, 1.165) is 38.3 Å². The minimum Gasteiger partial charge on any atom is -0.480 e. The number of nitrogen functional groups attached to an aromatic ring is 1. The van der Waals surface area contributed by atoms with Crippen LogP contribution in [0.4, 0.5) is 21.2 Å². The van der Waals surface area contributed by atoms with Crippen LogP contribution in [0.1, 0.15) is 77.9 Å². The number of benzene rings is 2. The highest BCUT2D eigenvalue weighted by Gasteiger charge is 2.28. The van der Waals surface area contributed by atoms with E-state index in [4.69, 9.17) is 20.3 Å². The zero-order chi connectivity index (χ0) is 50.7. The van der Waals surface area contributed by atoms with Crippen LogP contribution in [-0.4, -0.2) is 96.3 Å². The summed E-state index contributed by atoms with van der Waals surface area (Å²) >= 11 is 0. The van der Waals surface area contributed by atoms with Crippen LogP contribution >= 0.6 is 0 Å². The van der Waals surface area contributed by atoms with E-state index in [1.165, 1.54) is 25.9 Å². The molecule has 0 saturated carbocycles. The number of amides is 3. The van der Waals surface area contributed by atoms with E-state index in [0.29, 0.717) is 23.0 Å². The van der Waals surface area contributed by atoms with Gasteiger partial charge in [-0.15, -0.1) is 0 Å². The first kappa shape index (κ1) is 53.1. The van der Waals surface area contributed by atoms with Crippen LogP contribution in [-0.2, 0) is 19.1 Å². The normalized spacial score (nSPS) is 11.3. The van der Waals surface area contributed by atoms with Crippen LogP contribution < -0.4 is 11.1 Å². The Bertz CT molecular complexity index is 2790. The maximum absolute atomic E-state index is 12.9. The summed E-state index contributed by atoms with van der Waals surface area (Å²) in [4.78, 5) is 66.3. The van der Waals surface area contributed by atoms with Gasteiger partial charge in [0.05, 0.1) is 0 Å². The van der Waals surface area contributed by atoms with Crippen molar-refractivity contribution in [1.29, 1.82) is 0 Å². The molecule has 0 aliphatic rings. The van der Waals surface area contributed by atoms with Crippen LogP contribution in [0.5, 0.6) is 0 Å². The second kappa shape index (κ2) is 24.8. The molecule has 0 aliphatic carbocycles. The lowest BCUT2D eigenvalue weighted by atomic mass is 10.1. The van der Waals surface area contributed by atoms with Crippen molar-refractivity contribution >= 4 is 35.7 Å². The van der Waals surface area contributed by atoms with Gasteiger partial charge >= 0.3 is 18.2 Å². The molecule has 2 aromatic carbocycles. The van der Waals surface area contributed by atoms with Crippen molar-refractivity contribution in [2.75, 3.05) is 25.1 Å². The maximum Gasteiger partial charge on any atom is 0.410 e. The molecule has 2 atom stereocenters. The second-order valence-corrected chi connectivity index (χ2v) is 17.4. The Labute approximate surface area is 404 Å². The van der Waals surface area contributed by atoms with Crippen LogP contribution in [0.25, 0.3) is 22.3 Å². The van der Waals surface area contributed by atoms with Crippen LogP contribution in [0.3, 0.4) is 0 Å². The molecule has 15 heteroatoms. The number of carbonyl (C=O) groups excluding carboxylic acids is 3. The fourth-order valence-electron chi connectivity index (χ4n) is 5.57. The largest absolute Gasteiger partial charge is 0.480 e. The number of anilines is 2. The Hall–Kier alpha value is -8.56. The highest BCUT2D eigenvalue weighted by molar-refractivity contribution is 5.96. The number of hydrogen-bond donors (Lipinski definition) is 3. The first-order valence-corrected chi connectivity index (χ1v) is 21.8. The number of carbonyl (C=O) groups is 4. The molecule has 6 rings (SSSR count). The van der Waals surface area contributed by atoms with E-state index in [9.17, 15) is 19.2 Å². The molecule has 69 heavy (non-hydrogen) atoms. The van der Waals surface area contributed by atoms with Crippen molar-refractivity contribution in [3.05, 3.63) is 156 Å². The summed E-state index contributed by atoms with van der Waals surface area (Å²) in [6.45, 7) is 13.6. The highest BCUT2D eigenvalue weighted by atomic mass is 16.6. The molecular formula is C54H58N8O7. The van der Waals surface area contributed by atoms with Crippen molar-refractivity contribution in [2.24, 2.45) is 0 Å². The summed E-state index contributed by atoms with van der Waals surface area (Å²) in [5.41, 5.74) is 11.3. The Morgan fingerprint density at radius 3 is 1.41 bits per heavy atom. The molecule has 15 nitrogen and oxygen atoms in total. The molecule has 0 fully saturated rings. The number of carboxylic acid groups (broad SMARTS) is 1. The average Bonchev–Trinajstić information content (AvgIpc) is 3.32. The third-order valence-corrected chi connectivity index (χ3v) is 9.43. The fraction of sp³-hybridized carbons (Fsp3) is 0.259. The predicted molar refractivity (Wildman–Crippen MR) is 267 cm³/mol. The first-order valence-electron chi connectivity index (χ1n) is 21.8. The maximum atomic E-state index is 12.9. The summed E-state index contributed by atoms with van der Waals surface area (Å²) in [5, 5.41) is 11.5. The standard InChI is InChI=1S/C27H28N4O3.C18H13N3.C9H17NO4/c1-19(31(5)26(33)34-27(2,3)4)25(32)30-24-18-22(21-13-15-28-16-14-21)17-23(29-24)12-11-20-9-7-6-8-10-20;19-18-13-16(15-8-10-20-11-9-15)12-17(21-18)7-6-14-4-2-1-3-5-14;1-6(7(11)12)10(5)8(13)14-9(2,3)4/h6-10,13-19H,1-5H3,(H,29,30,32);1-5,8-13H,(H2,19,21);6H,1-5H3,(H,11,12). The third kappa shape index (κ3) is 18.3. The van der Waals surface area contributed by atoms with Gasteiger partial charge < -0.3 is 25.6 Å². The Morgan fingerprint density at radius 1 is 0.580 bits per heavy atom. The number of likely N-dealkylation sites (N-methyl/N-ethyl adjacent to an activating group) is 2. The molecule has 0 saturated heterocycles. The summed E-state index contributed by atoms with van der Waals surface area (Å²) in [7, 11) is 2.92. The van der Waals surface area contributed by atoms with Gasteiger partial charge in [0.25, 0.3) is 0 Å². The average molecular weight is 931 g/mol. The zero-order valence-corrected chi connectivity index (χ0v) is 40.5. The number of nitrogens with one attached hydrogen (secondary N) is 1. The van der Waals surface area contributed by atoms with E-state index in [-0.39, 0.29) is 0 Å². The van der Waals surface area contributed by atoms with E-state index in [1.54, 1.807) is 79.3 Å². The van der Waals surface area contributed by atoms with Crippen molar-refractivity contribution in [1.82, 2.24) is 29.7 Å². The number of aliphatic carboxylic acids is 1. The quantitative estimate of drug-likeness (QED) is 0.128. The highest BCUT2D eigenvalue weighted by Crippen LogP contribution is 2.24. The predicted octanol–water partition coefficient (Wildman–Crippen LogP) is 9.19. The van der Waals surface area contributed by atoms with Gasteiger partial charge in [-0.1, -0.05) is 48.2 Å². The topological polar surface area (TPSA) is 203 Å². The van der Waals surface area contributed by atoms with Gasteiger partial charge in [-0.3, -0.25) is 24.6 Å². The van der Waals surface area contributed by atoms with Gasteiger partial charge in [0.15, 0.2) is 0 Å². The molecule has 4 N–H and O–H groups in total. The minimum absolute atomic E-state index is 0.334. The number of rotatable bonds is 7. The van der Waals surface area contributed by atoms with Crippen LogP contribution in [0.15, 0.2) is 134 Å². The third-order valence-electron chi connectivity index (χ3n) is 9.43. The SMILES string of the molecule is CC(C(=O)Nc1cc(-c2ccncc2)cc(C#Cc2ccccc2)n1)N(C)C(=O)OC(C)(C)C.CC(C(=O)O)N(C)C(=O)OC(C)(C)C.Nc1cc(-c2ccncc2)cc(C#Cc2ccccc2)n1. The molecule has 0 bridgehead atoms.